The van der Waals surface area contributed by atoms with Crippen molar-refractivity contribution in [1.29, 1.82) is 0 Å². The number of carbonyl (C=O) groups excluding carboxylic acids is 1. The molecule has 1 N–H and O–H groups in total. The van der Waals surface area contributed by atoms with Gasteiger partial charge in [0, 0.05) is 5.39 Å². The number of hydrogen-bond acceptors (Lipinski definition) is 3. The third-order valence-electron chi connectivity index (χ3n) is 2.92. The number of aromatic amines is 1. The molecule has 0 atom stereocenters. The number of benzene rings is 2. The fraction of sp³-hybridized carbons (Fsp3) is 0.0667. The van der Waals surface area contributed by atoms with E-state index in [1.807, 2.05) is 48.5 Å². The predicted molar refractivity (Wildman–Crippen MR) is 72.3 cm³/mol. The third-order valence-corrected chi connectivity index (χ3v) is 2.92. The molecule has 0 saturated heterocycles. The van der Waals surface area contributed by atoms with Gasteiger partial charge in [-0.2, -0.15) is 5.10 Å². The quantitative estimate of drug-likeness (QED) is 0.726. The smallest absolute Gasteiger partial charge is 0.168 e. The van der Waals surface area contributed by atoms with Crippen LogP contribution in [0.15, 0.2) is 48.5 Å². The van der Waals surface area contributed by atoms with Crippen molar-refractivity contribution in [3.63, 3.8) is 0 Å². The van der Waals surface area contributed by atoms with Crippen LogP contribution in [0.3, 0.4) is 0 Å². The Bertz CT molecular complexity index is 704. The fourth-order valence-electron chi connectivity index (χ4n) is 1.93. The van der Waals surface area contributed by atoms with Gasteiger partial charge >= 0.3 is 0 Å². The van der Waals surface area contributed by atoms with Crippen molar-refractivity contribution in [1.82, 2.24) is 10.2 Å². The van der Waals surface area contributed by atoms with Crippen molar-refractivity contribution in [3.8, 4) is 5.75 Å². The number of aromatic nitrogens is 2. The Kier molecular flexibility index (Phi) is 2.98. The van der Waals surface area contributed by atoms with Crippen molar-refractivity contribution in [2.45, 2.75) is 6.61 Å². The van der Waals surface area contributed by atoms with Crippen LogP contribution in [0, 0.1) is 0 Å². The summed E-state index contributed by atoms with van der Waals surface area (Å²) in [5, 5.41) is 7.51. The predicted octanol–water partition coefficient (Wildman–Crippen LogP) is 2.95. The highest BCUT2D eigenvalue weighted by Gasteiger charge is 2.05. The molecule has 0 aliphatic carbocycles. The summed E-state index contributed by atoms with van der Waals surface area (Å²) >= 11 is 0. The molecule has 1 heterocycles. The Balaban J connectivity index is 1.83. The number of rotatable bonds is 4. The summed E-state index contributed by atoms with van der Waals surface area (Å²) < 4.78 is 5.71. The minimum absolute atomic E-state index is 0.472. The largest absolute Gasteiger partial charge is 0.489 e. The number of nitrogens with zero attached hydrogens (tertiary/aromatic N) is 1. The lowest BCUT2D eigenvalue weighted by Crippen LogP contribution is -1.94. The molecular weight excluding hydrogens is 240 g/mol. The van der Waals surface area contributed by atoms with Crippen molar-refractivity contribution in [3.05, 3.63) is 59.8 Å². The van der Waals surface area contributed by atoms with Crippen molar-refractivity contribution >= 4 is 17.2 Å². The van der Waals surface area contributed by atoms with Crippen LogP contribution in [0.4, 0.5) is 0 Å². The Labute approximate surface area is 110 Å². The molecule has 0 bridgehead atoms. The van der Waals surface area contributed by atoms with Gasteiger partial charge in [0.05, 0.1) is 5.52 Å². The van der Waals surface area contributed by atoms with E-state index >= 15 is 0 Å². The van der Waals surface area contributed by atoms with Gasteiger partial charge in [0.25, 0.3) is 0 Å². The van der Waals surface area contributed by atoms with Gasteiger partial charge in [-0.1, -0.05) is 30.3 Å². The van der Waals surface area contributed by atoms with Crippen molar-refractivity contribution in [2.75, 3.05) is 0 Å². The van der Waals surface area contributed by atoms with E-state index in [1.54, 1.807) is 0 Å². The highest BCUT2D eigenvalue weighted by molar-refractivity contribution is 5.95. The molecule has 0 unspecified atom stereocenters. The van der Waals surface area contributed by atoms with Gasteiger partial charge in [0.2, 0.25) is 0 Å². The maximum Gasteiger partial charge on any atom is 0.168 e. The zero-order chi connectivity index (χ0) is 13.1. The molecule has 0 aliphatic rings. The van der Waals surface area contributed by atoms with Gasteiger partial charge < -0.3 is 4.74 Å². The number of nitrogens with one attached hydrogen (secondary N) is 1. The van der Waals surface area contributed by atoms with E-state index < -0.39 is 0 Å². The second kappa shape index (κ2) is 4.94. The van der Waals surface area contributed by atoms with Gasteiger partial charge in [-0.05, 0) is 23.8 Å². The second-order valence-corrected chi connectivity index (χ2v) is 4.21. The van der Waals surface area contributed by atoms with E-state index in [0.29, 0.717) is 12.3 Å². The summed E-state index contributed by atoms with van der Waals surface area (Å²) in [6.45, 7) is 0.501. The minimum atomic E-state index is 0.472. The van der Waals surface area contributed by atoms with Crippen LogP contribution >= 0.6 is 0 Å². The van der Waals surface area contributed by atoms with E-state index in [1.165, 1.54) is 0 Å². The molecule has 2 aromatic carbocycles. The molecule has 0 fully saturated rings. The molecule has 4 heteroatoms. The number of fused-ring (bicyclic) bond motifs is 1. The molecule has 3 aromatic rings. The summed E-state index contributed by atoms with van der Waals surface area (Å²) in [6.07, 6.45) is 0.760. The first kappa shape index (κ1) is 11.5. The number of H-pyrrole nitrogens is 1. The zero-order valence-corrected chi connectivity index (χ0v) is 10.2. The molecule has 1 aromatic heterocycles. The summed E-state index contributed by atoms with van der Waals surface area (Å²) in [7, 11) is 0. The van der Waals surface area contributed by atoms with Crippen LogP contribution in [-0.4, -0.2) is 16.5 Å². The lowest BCUT2D eigenvalue weighted by Gasteiger charge is -2.06. The van der Waals surface area contributed by atoms with E-state index in [0.717, 1.165) is 28.5 Å². The van der Waals surface area contributed by atoms with Gasteiger partial charge in [0.1, 0.15) is 18.1 Å². The van der Waals surface area contributed by atoms with Gasteiger partial charge in [-0.3, -0.25) is 9.89 Å². The van der Waals surface area contributed by atoms with Crippen LogP contribution in [-0.2, 0) is 6.61 Å². The standard InChI is InChI=1S/C15H12N2O2/c18-9-15-13-8-12(6-7-14(13)16-17-15)19-10-11-4-2-1-3-5-11/h1-9H,10H2,(H,16,17). The third kappa shape index (κ3) is 2.33. The Morgan fingerprint density at radius 2 is 2.00 bits per heavy atom. The number of hydrogen-bond donors (Lipinski definition) is 1. The molecule has 0 aliphatic heterocycles. The Morgan fingerprint density at radius 3 is 2.79 bits per heavy atom. The molecule has 0 spiro atoms. The first-order chi connectivity index (χ1) is 9.36. The average Bonchev–Trinajstić information content (AvgIpc) is 2.88. The van der Waals surface area contributed by atoms with E-state index in [9.17, 15) is 4.79 Å². The molecule has 19 heavy (non-hydrogen) atoms. The summed E-state index contributed by atoms with van der Waals surface area (Å²) in [5.74, 6) is 0.723. The van der Waals surface area contributed by atoms with Crippen molar-refractivity contribution in [2.24, 2.45) is 0 Å². The van der Waals surface area contributed by atoms with Gasteiger partial charge in [-0.15, -0.1) is 0 Å². The number of ether oxygens (including phenoxy) is 1. The first-order valence-corrected chi connectivity index (χ1v) is 5.97. The normalized spacial score (nSPS) is 10.5. The molecule has 94 valence electrons. The van der Waals surface area contributed by atoms with Crippen LogP contribution in [0.1, 0.15) is 16.1 Å². The maximum atomic E-state index is 10.9. The van der Waals surface area contributed by atoms with E-state index in [2.05, 4.69) is 10.2 Å². The molecule has 4 nitrogen and oxygen atoms in total. The van der Waals surface area contributed by atoms with Gasteiger partial charge in [-0.25, -0.2) is 0 Å². The first-order valence-electron chi connectivity index (χ1n) is 5.97. The molecular formula is C15H12N2O2. The minimum Gasteiger partial charge on any atom is -0.489 e. The monoisotopic (exact) mass is 252 g/mol. The van der Waals surface area contributed by atoms with E-state index in [4.69, 9.17) is 4.74 Å². The van der Waals surface area contributed by atoms with Gasteiger partial charge in [0.15, 0.2) is 6.29 Å². The number of aldehydes is 1. The average molecular weight is 252 g/mol. The second-order valence-electron chi connectivity index (χ2n) is 4.21. The van der Waals surface area contributed by atoms with Crippen LogP contribution in [0.25, 0.3) is 10.9 Å². The Morgan fingerprint density at radius 1 is 1.16 bits per heavy atom. The van der Waals surface area contributed by atoms with Crippen LogP contribution in [0.5, 0.6) is 5.75 Å². The molecule has 0 radical (unpaired) electrons. The topological polar surface area (TPSA) is 55.0 Å². The van der Waals surface area contributed by atoms with Crippen LogP contribution < -0.4 is 4.74 Å². The number of carbonyl (C=O) groups is 1. The molecule has 0 saturated carbocycles. The molecule has 3 rings (SSSR count). The zero-order valence-electron chi connectivity index (χ0n) is 10.2. The Hall–Kier alpha value is -2.62. The summed E-state index contributed by atoms with van der Waals surface area (Å²) in [5.41, 5.74) is 2.33. The SMILES string of the molecule is O=Cc1[nH]nc2ccc(OCc3ccccc3)cc12. The van der Waals surface area contributed by atoms with Crippen molar-refractivity contribution < 1.29 is 9.53 Å². The lowest BCUT2D eigenvalue weighted by atomic mass is 10.2. The highest BCUT2D eigenvalue weighted by atomic mass is 16.5. The van der Waals surface area contributed by atoms with E-state index in [-0.39, 0.29) is 0 Å². The maximum absolute atomic E-state index is 10.9. The lowest BCUT2D eigenvalue weighted by molar-refractivity contribution is 0.112. The van der Waals surface area contributed by atoms with Crippen LogP contribution in [0.2, 0.25) is 0 Å². The molecule has 0 amide bonds. The highest BCUT2D eigenvalue weighted by Crippen LogP contribution is 2.22. The fourth-order valence-corrected chi connectivity index (χ4v) is 1.93. The summed E-state index contributed by atoms with van der Waals surface area (Å²) in [4.78, 5) is 10.9. The summed E-state index contributed by atoms with van der Waals surface area (Å²) in [6, 6.07) is 15.4.